The molecule has 3 heterocycles. The number of halogens is 1. The van der Waals surface area contributed by atoms with Crippen molar-refractivity contribution in [3.8, 4) is 0 Å². The second kappa shape index (κ2) is 7.38. The Kier molecular flexibility index (Phi) is 5.40. The molecular formula is C20H28ClN3O. The predicted molar refractivity (Wildman–Crippen MR) is 104 cm³/mol. The quantitative estimate of drug-likeness (QED) is 0.776. The molecule has 2 aliphatic heterocycles. The minimum atomic E-state index is 0. The van der Waals surface area contributed by atoms with Gasteiger partial charge in [-0.3, -0.25) is 4.79 Å². The predicted octanol–water partition coefficient (Wildman–Crippen LogP) is 3.74. The maximum Gasteiger partial charge on any atom is 0.220 e. The molecule has 2 fully saturated rings. The largest absolute Gasteiger partial charge is 0.358 e. The number of aromatic nitrogens is 1. The first-order valence-corrected chi connectivity index (χ1v) is 9.19. The van der Waals surface area contributed by atoms with Gasteiger partial charge in [-0.05, 0) is 68.7 Å². The Morgan fingerprint density at radius 2 is 1.92 bits per heavy atom. The maximum atomic E-state index is 12.3. The molecule has 1 aromatic carbocycles. The summed E-state index contributed by atoms with van der Waals surface area (Å²) >= 11 is 0. The number of benzene rings is 1. The van der Waals surface area contributed by atoms with Gasteiger partial charge in [0.15, 0.2) is 0 Å². The van der Waals surface area contributed by atoms with E-state index in [-0.39, 0.29) is 18.3 Å². The van der Waals surface area contributed by atoms with E-state index in [1.807, 2.05) is 0 Å². The van der Waals surface area contributed by atoms with E-state index < -0.39 is 0 Å². The van der Waals surface area contributed by atoms with Gasteiger partial charge < -0.3 is 15.6 Å². The first kappa shape index (κ1) is 18.3. The molecule has 2 unspecified atom stereocenters. The SMILES string of the molecule is Cc1[nH]c2ccc(CNC(=O)CC3CC4CCC(C3)N4)cc2c1C.Cl. The van der Waals surface area contributed by atoms with Crippen LogP contribution in [0.1, 0.15) is 48.9 Å². The average Bonchev–Trinajstić information content (AvgIpc) is 3.05. The number of nitrogens with one attached hydrogen (secondary N) is 3. The molecule has 0 saturated carbocycles. The number of aryl methyl sites for hydroxylation is 2. The maximum absolute atomic E-state index is 12.3. The number of aromatic amines is 1. The topological polar surface area (TPSA) is 56.9 Å². The summed E-state index contributed by atoms with van der Waals surface area (Å²) in [7, 11) is 0. The molecule has 0 spiro atoms. The molecule has 0 radical (unpaired) electrons. The second-order valence-electron chi connectivity index (χ2n) is 7.71. The first-order valence-electron chi connectivity index (χ1n) is 9.19. The van der Waals surface area contributed by atoms with Crippen molar-refractivity contribution < 1.29 is 4.79 Å². The van der Waals surface area contributed by atoms with Crippen LogP contribution in [0, 0.1) is 19.8 Å². The van der Waals surface area contributed by atoms with Gasteiger partial charge >= 0.3 is 0 Å². The Balaban J connectivity index is 0.00000182. The minimum absolute atomic E-state index is 0. The lowest BCUT2D eigenvalue weighted by Crippen LogP contribution is -2.39. The van der Waals surface area contributed by atoms with Crippen molar-refractivity contribution in [2.45, 2.75) is 64.6 Å². The highest BCUT2D eigenvalue weighted by Gasteiger charge is 2.34. The third kappa shape index (κ3) is 3.85. The van der Waals surface area contributed by atoms with Gasteiger partial charge in [0.1, 0.15) is 0 Å². The third-order valence-electron chi connectivity index (χ3n) is 5.91. The van der Waals surface area contributed by atoms with Crippen LogP contribution < -0.4 is 10.6 Å². The lowest BCUT2D eigenvalue weighted by atomic mass is 9.89. The van der Waals surface area contributed by atoms with Gasteiger partial charge in [0, 0.05) is 41.6 Å². The summed E-state index contributed by atoms with van der Waals surface area (Å²) in [5, 5.41) is 8.02. The molecule has 2 saturated heterocycles. The highest BCUT2D eigenvalue weighted by molar-refractivity contribution is 5.85. The fourth-order valence-corrected chi connectivity index (χ4v) is 4.50. The normalized spacial score (nSPS) is 25.0. The number of hydrogen-bond acceptors (Lipinski definition) is 2. The Morgan fingerprint density at radius 3 is 2.64 bits per heavy atom. The van der Waals surface area contributed by atoms with Crippen LogP contribution in [0.4, 0.5) is 0 Å². The molecule has 3 N–H and O–H groups in total. The molecule has 1 aromatic heterocycles. The Morgan fingerprint density at radius 1 is 1.20 bits per heavy atom. The van der Waals surface area contributed by atoms with Crippen molar-refractivity contribution in [1.29, 1.82) is 0 Å². The first-order chi connectivity index (χ1) is 11.6. The van der Waals surface area contributed by atoms with Crippen molar-refractivity contribution in [2.75, 3.05) is 0 Å². The van der Waals surface area contributed by atoms with Gasteiger partial charge in [-0.1, -0.05) is 6.07 Å². The van der Waals surface area contributed by atoms with Gasteiger partial charge in [-0.15, -0.1) is 12.4 Å². The number of amides is 1. The molecule has 4 rings (SSSR count). The molecule has 2 bridgehead atoms. The molecule has 2 aliphatic rings. The molecule has 2 atom stereocenters. The fraction of sp³-hybridized carbons (Fsp3) is 0.550. The van der Waals surface area contributed by atoms with E-state index in [1.54, 1.807) is 0 Å². The van der Waals surface area contributed by atoms with Gasteiger partial charge in [0.2, 0.25) is 5.91 Å². The summed E-state index contributed by atoms with van der Waals surface area (Å²) in [5.74, 6) is 0.754. The molecular weight excluding hydrogens is 334 g/mol. The Bertz CT molecular complexity index is 758. The van der Waals surface area contributed by atoms with Crippen LogP contribution in [0.5, 0.6) is 0 Å². The number of carbonyl (C=O) groups is 1. The molecule has 5 heteroatoms. The number of hydrogen-bond donors (Lipinski definition) is 3. The van der Waals surface area contributed by atoms with Crippen molar-refractivity contribution in [2.24, 2.45) is 5.92 Å². The summed E-state index contributed by atoms with van der Waals surface area (Å²) < 4.78 is 0. The zero-order chi connectivity index (χ0) is 16.7. The lowest BCUT2D eigenvalue weighted by Gasteiger charge is -2.28. The summed E-state index contributed by atoms with van der Waals surface area (Å²) in [6, 6.07) is 7.72. The van der Waals surface area contributed by atoms with Crippen molar-refractivity contribution >= 4 is 29.2 Å². The van der Waals surface area contributed by atoms with E-state index in [0.29, 0.717) is 31.0 Å². The van der Waals surface area contributed by atoms with Crippen LogP contribution in [0.15, 0.2) is 18.2 Å². The monoisotopic (exact) mass is 361 g/mol. The van der Waals surface area contributed by atoms with Crippen molar-refractivity contribution in [3.05, 3.63) is 35.0 Å². The number of fused-ring (bicyclic) bond motifs is 3. The summed E-state index contributed by atoms with van der Waals surface area (Å²) in [4.78, 5) is 15.7. The van der Waals surface area contributed by atoms with Crippen LogP contribution in [0.25, 0.3) is 10.9 Å². The van der Waals surface area contributed by atoms with Crippen LogP contribution >= 0.6 is 12.4 Å². The summed E-state index contributed by atoms with van der Waals surface area (Å²) in [5.41, 5.74) is 4.85. The van der Waals surface area contributed by atoms with E-state index in [0.717, 1.165) is 12.8 Å². The van der Waals surface area contributed by atoms with E-state index in [2.05, 4.69) is 47.7 Å². The van der Waals surface area contributed by atoms with E-state index in [1.165, 1.54) is 40.6 Å². The fourth-order valence-electron chi connectivity index (χ4n) is 4.50. The Labute approximate surface area is 155 Å². The highest BCUT2D eigenvalue weighted by atomic mass is 35.5. The van der Waals surface area contributed by atoms with Gasteiger partial charge in [-0.2, -0.15) is 0 Å². The van der Waals surface area contributed by atoms with Crippen molar-refractivity contribution in [3.63, 3.8) is 0 Å². The van der Waals surface area contributed by atoms with Crippen LogP contribution in [-0.4, -0.2) is 23.0 Å². The number of rotatable bonds is 4. The number of piperidine rings is 1. The molecule has 136 valence electrons. The molecule has 1 amide bonds. The third-order valence-corrected chi connectivity index (χ3v) is 5.91. The van der Waals surface area contributed by atoms with Crippen LogP contribution in [-0.2, 0) is 11.3 Å². The van der Waals surface area contributed by atoms with E-state index in [9.17, 15) is 4.79 Å². The van der Waals surface area contributed by atoms with Crippen molar-refractivity contribution in [1.82, 2.24) is 15.6 Å². The Hall–Kier alpha value is -1.52. The zero-order valence-corrected chi connectivity index (χ0v) is 15.8. The van der Waals surface area contributed by atoms with E-state index in [4.69, 9.17) is 0 Å². The molecule has 2 aromatic rings. The van der Waals surface area contributed by atoms with E-state index >= 15 is 0 Å². The summed E-state index contributed by atoms with van der Waals surface area (Å²) in [6.07, 6.45) is 5.59. The second-order valence-corrected chi connectivity index (χ2v) is 7.71. The van der Waals surface area contributed by atoms with Crippen LogP contribution in [0.3, 0.4) is 0 Å². The molecule has 4 nitrogen and oxygen atoms in total. The molecule has 25 heavy (non-hydrogen) atoms. The average molecular weight is 362 g/mol. The molecule has 0 aliphatic carbocycles. The lowest BCUT2D eigenvalue weighted by molar-refractivity contribution is -0.122. The standard InChI is InChI=1S/C20H27N3O.ClH/c1-12-13(2)22-19-6-3-14(9-18(12)19)11-21-20(24)10-15-7-16-4-5-17(8-15)23-16;/h3,6,9,15-17,22-23H,4-5,7-8,10-11H2,1-2H3,(H,21,24);1H. The highest BCUT2D eigenvalue weighted by Crippen LogP contribution is 2.32. The zero-order valence-electron chi connectivity index (χ0n) is 15.0. The smallest absolute Gasteiger partial charge is 0.220 e. The van der Waals surface area contributed by atoms with Gasteiger partial charge in [-0.25, -0.2) is 0 Å². The number of H-pyrrole nitrogens is 1. The minimum Gasteiger partial charge on any atom is -0.358 e. The van der Waals surface area contributed by atoms with Gasteiger partial charge in [0.05, 0.1) is 0 Å². The summed E-state index contributed by atoms with van der Waals surface area (Å²) in [6.45, 7) is 4.86. The van der Waals surface area contributed by atoms with Gasteiger partial charge in [0.25, 0.3) is 0 Å². The number of carbonyl (C=O) groups excluding carboxylic acids is 1. The van der Waals surface area contributed by atoms with Crippen LogP contribution in [0.2, 0.25) is 0 Å².